The second kappa shape index (κ2) is 7.65. The Bertz CT molecular complexity index is 964. The third kappa shape index (κ3) is 3.54. The van der Waals surface area contributed by atoms with E-state index < -0.39 is 0 Å². The van der Waals surface area contributed by atoms with Crippen LogP contribution in [-0.2, 0) is 12.8 Å². The number of para-hydroxylation sites is 1. The third-order valence-corrected chi connectivity index (χ3v) is 5.40. The van der Waals surface area contributed by atoms with Gasteiger partial charge in [-0.05, 0) is 49.9 Å². The quantitative estimate of drug-likeness (QED) is 0.676. The number of ether oxygens (including phenoxy) is 1. The predicted molar refractivity (Wildman–Crippen MR) is 111 cm³/mol. The van der Waals surface area contributed by atoms with Gasteiger partial charge in [0.1, 0.15) is 11.6 Å². The first-order valence-electron chi connectivity index (χ1n) is 9.40. The van der Waals surface area contributed by atoms with E-state index >= 15 is 0 Å². The van der Waals surface area contributed by atoms with Crippen LogP contribution in [0.3, 0.4) is 0 Å². The number of aromatic nitrogens is 2. The number of rotatable bonds is 4. The topological polar surface area (TPSA) is 39.1 Å². The Morgan fingerprint density at radius 3 is 2.89 bits per heavy atom. The number of benzene rings is 2. The number of hydrogen-bond donors (Lipinski definition) is 1. The van der Waals surface area contributed by atoms with E-state index in [-0.39, 0.29) is 0 Å². The van der Waals surface area contributed by atoms with Crippen LogP contribution in [0.25, 0.3) is 5.69 Å². The normalized spacial score (nSPS) is 13.6. The van der Waals surface area contributed by atoms with Crippen molar-refractivity contribution in [2.24, 2.45) is 0 Å². The second-order valence-corrected chi connectivity index (χ2v) is 7.43. The molecule has 4 nitrogen and oxygen atoms in total. The molecule has 4 rings (SSSR count). The van der Waals surface area contributed by atoms with Gasteiger partial charge in [0.15, 0.2) is 0 Å². The fraction of sp³-hybridized carbons (Fsp3) is 0.318. The maximum Gasteiger partial charge on any atom is 0.133 e. The average molecular weight is 382 g/mol. The zero-order chi connectivity index (χ0) is 18.8. The molecule has 5 heteroatoms. The van der Waals surface area contributed by atoms with Crippen LogP contribution < -0.4 is 10.1 Å². The Morgan fingerprint density at radius 1 is 1.19 bits per heavy atom. The summed E-state index contributed by atoms with van der Waals surface area (Å²) in [5.74, 6) is 2.00. The highest BCUT2D eigenvalue weighted by Gasteiger charge is 2.22. The molecule has 1 aliphatic heterocycles. The molecule has 0 atom stereocenters. The van der Waals surface area contributed by atoms with E-state index in [9.17, 15) is 0 Å². The van der Waals surface area contributed by atoms with Gasteiger partial charge in [0.05, 0.1) is 18.5 Å². The van der Waals surface area contributed by atoms with Crippen molar-refractivity contribution in [1.82, 2.24) is 9.78 Å². The van der Waals surface area contributed by atoms with Crippen molar-refractivity contribution in [2.45, 2.75) is 32.6 Å². The molecule has 0 bridgehead atoms. The molecule has 3 aromatic rings. The molecule has 2 aromatic carbocycles. The van der Waals surface area contributed by atoms with E-state index in [2.05, 4.69) is 18.3 Å². The maximum absolute atomic E-state index is 6.28. The minimum atomic E-state index is 0.722. The molecule has 0 saturated carbocycles. The van der Waals surface area contributed by atoms with E-state index in [4.69, 9.17) is 21.4 Å². The van der Waals surface area contributed by atoms with E-state index in [0.717, 1.165) is 64.9 Å². The first kappa shape index (κ1) is 17.9. The third-order valence-electron chi connectivity index (χ3n) is 5.16. The van der Waals surface area contributed by atoms with Gasteiger partial charge in [0, 0.05) is 29.1 Å². The van der Waals surface area contributed by atoms with Crippen LogP contribution in [0, 0.1) is 6.92 Å². The molecule has 0 saturated heterocycles. The summed E-state index contributed by atoms with van der Waals surface area (Å²) in [6.07, 6.45) is 4.11. The van der Waals surface area contributed by atoms with Crippen LogP contribution in [0.4, 0.5) is 5.82 Å². The number of nitrogens with one attached hydrogen (secondary N) is 1. The summed E-state index contributed by atoms with van der Waals surface area (Å²) in [7, 11) is 1.72. The number of fused-ring (bicyclic) bond motifs is 1. The minimum Gasteiger partial charge on any atom is -0.496 e. The largest absolute Gasteiger partial charge is 0.496 e. The Morgan fingerprint density at radius 2 is 2.04 bits per heavy atom. The van der Waals surface area contributed by atoms with Gasteiger partial charge >= 0.3 is 0 Å². The van der Waals surface area contributed by atoms with Crippen LogP contribution in [-0.4, -0.2) is 23.4 Å². The van der Waals surface area contributed by atoms with Gasteiger partial charge in [-0.15, -0.1) is 0 Å². The lowest BCUT2D eigenvalue weighted by molar-refractivity contribution is 0.410. The molecule has 1 N–H and O–H groups in total. The van der Waals surface area contributed by atoms with Gasteiger partial charge in [-0.1, -0.05) is 35.9 Å². The summed E-state index contributed by atoms with van der Waals surface area (Å²) in [4.78, 5) is 0. The van der Waals surface area contributed by atoms with Gasteiger partial charge in [-0.3, -0.25) is 0 Å². The van der Waals surface area contributed by atoms with E-state index in [1.807, 2.05) is 41.1 Å². The summed E-state index contributed by atoms with van der Waals surface area (Å²) in [6.45, 7) is 3.06. The van der Waals surface area contributed by atoms with Gasteiger partial charge < -0.3 is 10.1 Å². The highest BCUT2D eigenvalue weighted by atomic mass is 35.5. The summed E-state index contributed by atoms with van der Waals surface area (Å²) in [5, 5.41) is 9.34. The summed E-state index contributed by atoms with van der Waals surface area (Å²) in [5.41, 5.74) is 5.74. The standard InChI is InChI=1S/C22H24ClN3O/c1-15-10-11-17(23)14-20(15)26-22-18(8-5-6-12-24-22)19(25-26)13-16-7-3-4-9-21(16)27-2/h3-4,7,9-11,14,24H,5-6,8,12-13H2,1-2H3. The van der Waals surface area contributed by atoms with Gasteiger partial charge in [-0.25, -0.2) is 4.68 Å². The Labute approximate surface area is 165 Å². The lowest BCUT2D eigenvalue weighted by Gasteiger charge is -2.12. The van der Waals surface area contributed by atoms with Crippen molar-refractivity contribution in [3.05, 3.63) is 69.9 Å². The molecule has 0 aliphatic carbocycles. The van der Waals surface area contributed by atoms with Crippen molar-refractivity contribution < 1.29 is 4.74 Å². The van der Waals surface area contributed by atoms with Crippen molar-refractivity contribution >= 4 is 17.4 Å². The van der Waals surface area contributed by atoms with Crippen LogP contribution in [0.1, 0.15) is 35.2 Å². The first-order chi connectivity index (χ1) is 13.2. The molecule has 0 amide bonds. The van der Waals surface area contributed by atoms with Crippen molar-refractivity contribution in [3.8, 4) is 11.4 Å². The van der Waals surface area contributed by atoms with Crippen LogP contribution in [0.2, 0.25) is 5.02 Å². The molecule has 2 heterocycles. The van der Waals surface area contributed by atoms with E-state index in [0.29, 0.717) is 0 Å². The monoisotopic (exact) mass is 381 g/mol. The predicted octanol–water partition coefficient (Wildman–Crippen LogP) is 5.18. The maximum atomic E-state index is 6.28. The highest BCUT2D eigenvalue weighted by molar-refractivity contribution is 6.30. The molecule has 1 aliphatic rings. The van der Waals surface area contributed by atoms with Crippen LogP contribution in [0.5, 0.6) is 5.75 Å². The summed E-state index contributed by atoms with van der Waals surface area (Å²) < 4.78 is 7.58. The SMILES string of the molecule is COc1ccccc1Cc1nn(-c2cc(Cl)ccc2C)c2c1CCCCN2. The number of aryl methyl sites for hydroxylation is 1. The fourth-order valence-corrected chi connectivity index (χ4v) is 3.90. The molecular formula is C22H24ClN3O. The molecule has 0 radical (unpaired) electrons. The lowest BCUT2D eigenvalue weighted by atomic mass is 10.0. The molecular weight excluding hydrogens is 358 g/mol. The molecule has 140 valence electrons. The summed E-state index contributed by atoms with van der Waals surface area (Å²) >= 11 is 6.28. The Kier molecular flexibility index (Phi) is 5.08. The van der Waals surface area contributed by atoms with Crippen molar-refractivity contribution in [3.63, 3.8) is 0 Å². The van der Waals surface area contributed by atoms with Gasteiger partial charge in [0.25, 0.3) is 0 Å². The number of anilines is 1. The lowest BCUT2D eigenvalue weighted by Crippen LogP contribution is -2.08. The highest BCUT2D eigenvalue weighted by Crippen LogP contribution is 2.32. The molecule has 27 heavy (non-hydrogen) atoms. The fourth-order valence-electron chi connectivity index (χ4n) is 3.73. The van der Waals surface area contributed by atoms with Crippen LogP contribution >= 0.6 is 11.6 Å². The zero-order valence-corrected chi connectivity index (χ0v) is 16.5. The average Bonchev–Trinajstić information content (AvgIpc) is 2.85. The van der Waals surface area contributed by atoms with Crippen molar-refractivity contribution in [1.29, 1.82) is 0 Å². The first-order valence-corrected chi connectivity index (χ1v) is 9.78. The number of halogens is 1. The minimum absolute atomic E-state index is 0.722. The molecule has 1 aromatic heterocycles. The van der Waals surface area contributed by atoms with Gasteiger partial charge in [-0.2, -0.15) is 5.10 Å². The summed E-state index contributed by atoms with van der Waals surface area (Å²) in [6, 6.07) is 14.1. The Hall–Kier alpha value is -2.46. The zero-order valence-electron chi connectivity index (χ0n) is 15.8. The number of methoxy groups -OCH3 is 1. The van der Waals surface area contributed by atoms with E-state index in [1.165, 1.54) is 12.0 Å². The van der Waals surface area contributed by atoms with Gasteiger partial charge in [0.2, 0.25) is 0 Å². The molecule has 0 spiro atoms. The van der Waals surface area contributed by atoms with E-state index in [1.54, 1.807) is 7.11 Å². The second-order valence-electron chi connectivity index (χ2n) is 6.99. The Balaban J connectivity index is 1.83. The smallest absolute Gasteiger partial charge is 0.133 e. The van der Waals surface area contributed by atoms with Crippen LogP contribution in [0.15, 0.2) is 42.5 Å². The number of nitrogens with zero attached hydrogens (tertiary/aromatic N) is 2. The molecule has 0 unspecified atom stereocenters. The number of hydrogen-bond acceptors (Lipinski definition) is 3. The molecule has 0 fully saturated rings. The van der Waals surface area contributed by atoms with Crippen molar-refractivity contribution in [2.75, 3.05) is 19.0 Å².